The van der Waals surface area contributed by atoms with Gasteiger partial charge < -0.3 is 5.32 Å². The maximum atomic E-state index is 12.5. The number of hydrogen-bond acceptors (Lipinski definition) is 4. The van der Waals surface area contributed by atoms with Crippen LogP contribution in [0.3, 0.4) is 0 Å². The highest BCUT2D eigenvalue weighted by Crippen LogP contribution is 2.27. The summed E-state index contributed by atoms with van der Waals surface area (Å²) in [6.45, 7) is 2.78. The number of anilines is 1. The lowest BCUT2D eigenvalue weighted by Gasteiger charge is -2.24. The summed E-state index contributed by atoms with van der Waals surface area (Å²) in [4.78, 5) is 16.7. The van der Waals surface area contributed by atoms with Crippen molar-refractivity contribution >= 4 is 17.2 Å². The highest BCUT2D eigenvalue weighted by molar-refractivity contribution is 6.04. The molecule has 1 N–H and O–H groups in total. The molecule has 0 saturated heterocycles. The minimum absolute atomic E-state index is 0.199. The van der Waals surface area contributed by atoms with Crippen LogP contribution in [0.25, 0.3) is 5.65 Å². The van der Waals surface area contributed by atoms with Gasteiger partial charge in [0.15, 0.2) is 5.65 Å². The summed E-state index contributed by atoms with van der Waals surface area (Å²) in [5, 5.41) is 11.4. The van der Waals surface area contributed by atoms with Gasteiger partial charge in [0, 0.05) is 25.0 Å². The van der Waals surface area contributed by atoms with E-state index in [-0.39, 0.29) is 5.91 Å². The van der Waals surface area contributed by atoms with E-state index in [9.17, 15) is 4.79 Å². The minimum atomic E-state index is -0.199. The van der Waals surface area contributed by atoms with Crippen molar-refractivity contribution in [1.29, 1.82) is 0 Å². The number of carbonyl (C=O) groups is 1. The van der Waals surface area contributed by atoms with Crippen molar-refractivity contribution in [2.75, 3.05) is 5.32 Å². The van der Waals surface area contributed by atoms with Gasteiger partial charge >= 0.3 is 0 Å². The third kappa shape index (κ3) is 2.58. The lowest BCUT2D eigenvalue weighted by atomic mass is 9.85. The van der Waals surface area contributed by atoms with E-state index in [1.165, 1.54) is 19.3 Å². The minimum Gasteiger partial charge on any atom is -0.319 e. The van der Waals surface area contributed by atoms with E-state index in [1.54, 1.807) is 29.2 Å². The van der Waals surface area contributed by atoms with Crippen LogP contribution in [0.2, 0.25) is 0 Å². The number of aromatic nitrogens is 5. The molecule has 0 unspecified atom stereocenters. The third-order valence-electron chi connectivity index (χ3n) is 4.46. The van der Waals surface area contributed by atoms with Crippen molar-refractivity contribution in [1.82, 2.24) is 24.4 Å². The first-order valence-corrected chi connectivity index (χ1v) is 7.84. The van der Waals surface area contributed by atoms with E-state index in [0.717, 1.165) is 23.8 Å². The van der Waals surface area contributed by atoms with E-state index in [0.29, 0.717) is 11.3 Å². The molecule has 3 aromatic rings. The first-order chi connectivity index (χ1) is 11.2. The van der Waals surface area contributed by atoms with Crippen LogP contribution in [0.15, 0.2) is 30.9 Å². The molecule has 7 heteroatoms. The lowest BCUT2D eigenvalue weighted by molar-refractivity contribution is 0.102. The van der Waals surface area contributed by atoms with Crippen molar-refractivity contribution < 1.29 is 4.79 Å². The molecule has 23 heavy (non-hydrogen) atoms. The van der Waals surface area contributed by atoms with Gasteiger partial charge in [0.05, 0.1) is 29.3 Å². The molecule has 3 aromatic heterocycles. The first kappa shape index (κ1) is 13.9. The van der Waals surface area contributed by atoms with Crippen LogP contribution in [0.1, 0.15) is 35.3 Å². The van der Waals surface area contributed by atoms with Gasteiger partial charge in [-0.15, -0.1) is 0 Å². The fourth-order valence-corrected chi connectivity index (χ4v) is 2.88. The summed E-state index contributed by atoms with van der Waals surface area (Å²) in [7, 11) is 0. The number of nitrogens with zero attached hydrogens (tertiary/aromatic N) is 5. The molecule has 3 heterocycles. The van der Waals surface area contributed by atoms with Crippen molar-refractivity contribution in [3.05, 3.63) is 42.1 Å². The van der Waals surface area contributed by atoms with Crippen LogP contribution in [0.5, 0.6) is 0 Å². The molecule has 1 fully saturated rings. The molecule has 0 aliphatic heterocycles. The number of carbonyl (C=O) groups excluding carboxylic acids is 1. The SMILES string of the molecule is Cc1c(C(=O)Nc2cnn(CC3CCC3)c2)cnc2ccnn12. The Hall–Kier alpha value is -2.70. The Morgan fingerprint density at radius 1 is 1.35 bits per heavy atom. The van der Waals surface area contributed by atoms with Crippen LogP contribution >= 0.6 is 0 Å². The van der Waals surface area contributed by atoms with Crippen LogP contribution in [-0.2, 0) is 6.54 Å². The van der Waals surface area contributed by atoms with Crippen molar-refractivity contribution in [3.8, 4) is 0 Å². The summed E-state index contributed by atoms with van der Waals surface area (Å²) in [6.07, 6.45) is 10.7. The van der Waals surface area contributed by atoms with Crippen molar-refractivity contribution in [3.63, 3.8) is 0 Å². The van der Waals surface area contributed by atoms with Gasteiger partial charge in [-0.25, -0.2) is 9.50 Å². The predicted molar refractivity (Wildman–Crippen MR) is 85.2 cm³/mol. The van der Waals surface area contributed by atoms with E-state index in [4.69, 9.17) is 0 Å². The summed E-state index contributed by atoms with van der Waals surface area (Å²) in [6, 6.07) is 1.80. The standard InChI is InChI=1S/C16H18N6O/c1-11-14(8-17-15-5-6-18-22(11)15)16(23)20-13-7-19-21(10-13)9-12-3-2-4-12/h5-8,10,12H,2-4,9H2,1H3,(H,20,23). The fourth-order valence-electron chi connectivity index (χ4n) is 2.88. The second-order valence-electron chi connectivity index (χ2n) is 6.06. The molecular weight excluding hydrogens is 292 g/mol. The first-order valence-electron chi connectivity index (χ1n) is 7.84. The normalized spacial score (nSPS) is 14.8. The van der Waals surface area contributed by atoms with Gasteiger partial charge in [-0.05, 0) is 25.7 Å². The Kier molecular flexibility index (Phi) is 3.33. The maximum absolute atomic E-state index is 12.5. The highest BCUT2D eigenvalue weighted by Gasteiger charge is 2.19. The number of rotatable bonds is 4. The van der Waals surface area contributed by atoms with Crippen LogP contribution in [-0.4, -0.2) is 30.3 Å². The summed E-state index contributed by atoms with van der Waals surface area (Å²) < 4.78 is 3.57. The monoisotopic (exact) mass is 310 g/mol. The summed E-state index contributed by atoms with van der Waals surface area (Å²) >= 11 is 0. The van der Waals surface area contributed by atoms with Gasteiger partial charge in [0.25, 0.3) is 5.91 Å². The maximum Gasteiger partial charge on any atom is 0.259 e. The second kappa shape index (κ2) is 5.49. The second-order valence-corrected chi connectivity index (χ2v) is 6.06. The van der Waals surface area contributed by atoms with E-state index < -0.39 is 0 Å². The number of nitrogens with one attached hydrogen (secondary N) is 1. The van der Waals surface area contributed by atoms with Crippen molar-refractivity contribution in [2.45, 2.75) is 32.7 Å². The highest BCUT2D eigenvalue weighted by atomic mass is 16.1. The fraction of sp³-hybridized carbons (Fsp3) is 0.375. The third-order valence-corrected chi connectivity index (χ3v) is 4.46. The van der Waals surface area contributed by atoms with Crippen molar-refractivity contribution in [2.24, 2.45) is 5.92 Å². The molecule has 0 radical (unpaired) electrons. The quantitative estimate of drug-likeness (QED) is 0.802. The summed E-state index contributed by atoms with van der Waals surface area (Å²) in [5.41, 5.74) is 2.70. The Labute approximate surface area is 133 Å². The molecule has 1 amide bonds. The molecule has 0 aromatic carbocycles. The van der Waals surface area contributed by atoms with Gasteiger partial charge in [0.1, 0.15) is 0 Å². The molecule has 1 aliphatic rings. The van der Waals surface area contributed by atoms with Crippen LogP contribution < -0.4 is 5.32 Å². The molecule has 118 valence electrons. The predicted octanol–water partition coefficient (Wildman–Crippen LogP) is 2.29. The Morgan fingerprint density at radius 2 is 2.22 bits per heavy atom. The Morgan fingerprint density at radius 3 is 3.00 bits per heavy atom. The number of aryl methyl sites for hydroxylation is 1. The van der Waals surface area contributed by atoms with Crippen LogP contribution in [0, 0.1) is 12.8 Å². The molecule has 1 aliphatic carbocycles. The Bertz CT molecular complexity index is 860. The zero-order valence-corrected chi connectivity index (χ0v) is 12.9. The average Bonchev–Trinajstić information content (AvgIpc) is 3.12. The van der Waals surface area contributed by atoms with Gasteiger partial charge in [0.2, 0.25) is 0 Å². The molecule has 0 atom stereocenters. The number of hydrogen-bond donors (Lipinski definition) is 1. The molecular formula is C16H18N6O. The molecule has 1 saturated carbocycles. The van der Waals surface area contributed by atoms with E-state index in [2.05, 4.69) is 20.5 Å². The topological polar surface area (TPSA) is 77.1 Å². The Balaban J connectivity index is 1.51. The van der Waals surface area contributed by atoms with E-state index >= 15 is 0 Å². The lowest BCUT2D eigenvalue weighted by Crippen LogP contribution is -2.18. The molecule has 7 nitrogen and oxygen atoms in total. The zero-order chi connectivity index (χ0) is 15.8. The van der Waals surface area contributed by atoms with Gasteiger partial charge in [-0.3, -0.25) is 9.48 Å². The zero-order valence-electron chi connectivity index (χ0n) is 12.9. The molecule has 4 rings (SSSR count). The van der Waals surface area contributed by atoms with E-state index in [1.807, 2.05) is 17.8 Å². The van der Waals surface area contributed by atoms with Gasteiger partial charge in [-0.2, -0.15) is 10.2 Å². The van der Waals surface area contributed by atoms with Gasteiger partial charge in [-0.1, -0.05) is 6.42 Å². The number of amides is 1. The average molecular weight is 310 g/mol. The van der Waals surface area contributed by atoms with Crippen LogP contribution in [0.4, 0.5) is 5.69 Å². The molecule has 0 spiro atoms. The number of fused-ring (bicyclic) bond motifs is 1. The molecule has 0 bridgehead atoms. The smallest absolute Gasteiger partial charge is 0.259 e. The summed E-state index contributed by atoms with van der Waals surface area (Å²) in [5.74, 6) is 0.530. The largest absolute Gasteiger partial charge is 0.319 e.